The number of aromatic nitrogens is 3. The van der Waals surface area contributed by atoms with Gasteiger partial charge in [-0.2, -0.15) is 5.10 Å². The molecule has 39 heavy (non-hydrogen) atoms. The number of ether oxygens (including phenoxy) is 3. The van der Waals surface area contributed by atoms with Crippen LogP contribution in [0.3, 0.4) is 0 Å². The van der Waals surface area contributed by atoms with Gasteiger partial charge in [-0.15, -0.1) is 0 Å². The minimum absolute atomic E-state index is 0.0667. The number of fused-ring (bicyclic) bond motifs is 1. The van der Waals surface area contributed by atoms with Crippen molar-refractivity contribution >= 4 is 29.6 Å². The summed E-state index contributed by atoms with van der Waals surface area (Å²) >= 11 is 0. The van der Waals surface area contributed by atoms with Crippen molar-refractivity contribution in [3.63, 3.8) is 0 Å². The maximum Gasteiger partial charge on any atom is 0.416 e. The van der Waals surface area contributed by atoms with Gasteiger partial charge >= 0.3 is 18.2 Å². The number of anilines is 1. The molecule has 2 heterocycles. The number of nitrogens with zero attached hydrogens (tertiary/aromatic N) is 4. The Morgan fingerprint density at radius 2 is 1.77 bits per heavy atom. The number of carboxylic acids is 1. The van der Waals surface area contributed by atoms with Crippen molar-refractivity contribution in [2.24, 2.45) is 0 Å². The van der Waals surface area contributed by atoms with Gasteiger partial charge in [0.25, 0.3) is 0 Å². The molecule has 0 aliphatic heterocycles. The van der Waals surface area contributed by atoms with E-state index in [2.05, 4.69) is 15.4 Å². The van der Waals surface area contributed by atoms with E-state index in [0.717, 1.165) is 0 Å². The summed E-state index contributed by atoms with van der Waals surface area (Å²) in [6, 6.07) is 8.54. The Morgan fingerprint density at radius 3 is 2.41 bits per heavy atom. The lowest BCUT2D eigenvalue weighted by Gasteiger charge is -2.27. The molecule has 2 amide bonds. The van der Waals surface area contributed by atoms with Gasteiger partial charge in [0.2, 0.25) is 0 Å². The van der Waals surface area contributed by atoms with Crippen molar-refractivity contribution in [3.8, 4) is 16.9 Å². The number of carbonyl (C=O) groups is 3. The van der Waals surface area contributed by atoms with Crippen molar-refractivity contribution in [3.05, 3.63) is 42.7 Å². The third kappa shape index (κ3) is 8.32. The standard InChI is InChI=1S/C27H35N5O7/c1-17(23(33)34)37-19-10-8-9-18(15-19)20-16-29-32-13-11-21(30-22(20)32)31(25(36)39-27(5,6)7)14-12-28-24(35)38-26(2,3)4/h8-11,13,15-17H,12,14H2,1-7H3,(H,28,35)(H,33,34)/t17-/m0/s1. The summed E-state index contributed by atoms with van der Waals surface area (Å²) in [6.45, 7) is 12.2. The van der Waals surface area contributed by atoms with E-state index < -0.39 is 35.5 Å². The molecular formula is C27H35N5O7. The quantitative estimate of drug-likeness (QED) is 0.421. The summed E-state index contributed by atoms with van der Waals surface area (Å²) in [4.78, 5) is 42.4. The molecule has 0 radical (unpaired) electrons. The predicted molar refractivity (Wildman–Crippen MR) is 144 cm³/mol. The lowest BCUT2D eigenvalue weighted by Crippen LogP contribution is -2.43. The highest BCUT2D eigenvalue weighted by Crippen LogP contribution is 2.28. The zero-order valence-electron chi connectivity index (χ0n) is 23.2. The molecule has 0 aliphatic carbocycles. The lowest BCUT2D eigenvalue weighted by molar-refractivity contribution is -0.144. The zero-order valence-corrected chi connectivity index (χ0v) is 23.2. The van der Waals surface area contributed by atoms with E-state index in [9.17, 15) is 14.4 Å². The first-order valence-electron chi connectivity index (χ1n) is 12.4. The number of alkyl carbamates (subject to hydrolysis) is 1. The number of benzene rings is 1. The molecule has 0 fully saturated rings. The van der Waals surface area contributed by atoms with Crippen LogP contribution in [0.15, 0.2) is 42.7 Å². The van der Waals surface area contributed by atoms with Gasteiger partial charge in [0.1, 0.15) is 22.8 Å². The van der Waals surface area contributed by atoms with Gasteiger partial charge in [0, 0.05) is 24.8 Å². The van der Waals surface area contributed by atoms with Crippen LogP contribution in [0.25, 0.3) is 16.8 Å². The van der Waals surface area contributed by atoms with Crippen molar-refractivity contribution in [2.75, 3.05) is 18.0 Å². The Hall–Kier alpha value is -4.35. The molecule has 3 rings (SSSR count). The highest BCUT2D eigenvalue weighted by Gasteiger charge is 2.26. The number of aliphatic carboxylic acids is 1. The predicted octanol–water partition coefficient (Wildman–Crippen LogP) is 4.51. The summed E-state index contributed by atoms with van der Waals surface area (Å²) in [5.74, 6) is -0.413. The average molecular weight is 542 g/mol. The number of carboxylic acid groups (broad SMARTS) is 1. The third-order valence-electron chi connectivity index (χ3n) is 5.05. The Kier molecular flexibility index (Phi) is 8.68. The fourth-order valence-electron chi connectivity index (χ4n) is 3.41. The summed E-state index contributed by atoms with van der Waals surface area (Å²) in [6.07, 6.45) is 1.02. The Balaban J connectivity index is 1.91. The van der Waals surface area contributed by atoms with E-state index in [1.54, 1.807) is 82.7 Å². The SMILES string of the molecule is C[C@H](Oc1cccc(-c2cnn3ccc(N(CCNC(=O)OC(C)(C)C)C(=O)OC(C)(C)C)nc23)c1)C(=O)O. The average Bonchev–Trinajstić information content (AvgIpc) is 3.23. The second-order valence-electron chi connectivity index (χ2n) is 10.8. The third-order valence-corrected chi connectivity index (χ3v) is 5.05. The molecule has 2 N–H and O–H groups in total. The lowest BCUT2D eigenvalue weighted by atomic mass is 10.1. The van der Waals surface area contributed by atoms with E-state index in [0.29, 0.717) is 22.5 Å². The second-order valence-corrected chi connectivity index (χ2v) is 10.8. The van der Waals surface area contributed by atoms with Gasteiger partial charge in [0.15, 0.2) is 11.8 Å². The fraction of sp³-hybridized carbons (Fsp3) is 0.444. The fourth-order valence-corrected chi connectivity index (χ4v) is 3.41. The van der Waals surface area contributed by atoms with E-state index >= 15 is 0 Å². The van der Waals surface area contributed by atoms with Gasteiger partial charge < -0.3 is 24.6 Å². The van der Waals surface area contributed by atoms with Crippen LogP contribution in [0.2, 0.25) is 0 Å². The molecule has 1 atom stereocenters. The molecule has 0 saturated heterocycles. The van der Waals surface area contributed by atoms with E-state index in [-0.39, 0.29) is 18.9 Å². The maximum atomic E-state index is 13.1. The maximum absolute atomic E-state index is 13.1. The van der Waals surface area contributed by atoms with Gasteiger partial charge in [0.05, 0.1) is 6.20 Å². The molecule has 1 aromatic carbocycles. The number of nitrogens with one attached hydrogen (secondary N) is 1. The van der Waals surface area contributed by atoms with Gasteiger partial charge in [-0.05, 0) is 72.2 Å². The van der Waals surface area contributed by atoms with E-state index in [4.69, 9.17) is 19.3 Å². The minimum Gasteiger partial charge on any atom is -0.479 e. The molecule has 210 valence electrons. The van der Waals surface area contributed by atoms with E-state index in [1.165, 1.54) is 11.8 Å². The van der Waals surface area contributed by atoms with Crippen molar-refractivity contribution in [1.82, 2.24) is 19.9 Å². The molecular weight excluding hydrogens is 506 g/mol. The van der Waals surface area contributed by atoms with E-state index in [1.807, 2.05) is 6.07 Å². The van der Waals surface area contributed by atoms with Crippen LogP contribution in [0.4, 0.5) is 15.4 Å². The number of amides is 2. The molecule has 0 aliphatic rings. The first-order chi connectivity index (χ1) is 18.1. The van der Waals surface area contributed by atoms with Crippen molar-refractivity contribution in [2.45, 2.75) is 65.8 Å². The number of hydrogen-bond donors (Lipinski definition) is 2. The molecule has 0 spiro atoms. The Bertz CT molecular complexity index is 1340. The molecule has 2 aromatic heterocycles. The topological polar surface area (TPSA) is 145 Å². The largest absolute Gasteiger partial charge is 0.479 e. The minimum atomic E-state index is -1.08. The van der Waals surface area contributed by atoms with Gasteiger partial charge in [-0.3, -0.25) is 4.90 Å². The van der Waals surface area contributed by atoms with Crippen LogP contribution in [-0.4, -0.2) is 68.3 Å². The zero-order chi connectivity index (χ0) is 29.0. The number of rotatable bonds is 8. The second kappa shape index (κ2) is 11.6. The molecule has 12 nitrogen and oxygen atoms in total. The summed E-state index contributed by atoms with van der Waals surface area (Å²) < 4.78 is 17.9. The van der Waals surface area contributed by atoms with Crippen LogP contribution in [0.5, 0.6) is 5.75 Å². The van der Waals surface area contributed by atoms with Crippen molar-refractivity contribution < 1.29 is 33.7 Å². The molecule has 0 bridgehead atoms. The first kappa shape index (κ1) is 29.2. The molecule has 3 aromatic rings. The first-order valence-corrected chi connectivity index (χ1v) is 12.4. The Labute approximate surface area is 226 Å². The monoisotopic (exact) mass is 541 g/mol. The van der Waals surface area contributed by atoms with Crippen molar-refractivity contribution in [1.29, 1.82) is 0 Å². The molecule has 12 heteroatoms. The highest BCUT2D eigenvalue weighted by atomic mass is 16.6. The van der Waals surface area contributed by atoms with Crippen LogP contribution in [-0.2, 0) is 14.3 Å². The van der Waals surface area contributed by atoms with Crippen LogP contribution in [0, 0.1) is 0 Å². The summed E-state index contributed by atoms with van der Waals surface area (Å²) in [7, 11) is 0. The number of hydrogen-bond acceptors (Lipinski definition) is 8. The van der Waals surface area contributed by atoms with Gasteiger partial charge in [-0.25, -0.2) is 23.9 Å². The van der Waals surface area contributed by atoms with Gasteiger partial charge in [-0.1, -0.05) is 12.1 Å². The summed E-state index contributed by atoms with van der Waals surface area (Å²) in [5, 5.41) is 16.2. The Morgan fingerprint density at radius 1 is 1.08 bits per heavy atom. The summed E-state index contributed by atoms with van der Waals surface area (Å²) in [5.41, 5.74) is 0.368. The van der Waals surface area contributed by atoms with Crippen LogP contribution < -0.4 is 15.0 Å². The number of carbonyl (C=O) groups excluding carboxylic acids is 2. The smallest absolute Gasteiger partial charge is 0.416 e. The van der Waals surface area contributed by atoms with Crippen LogP contribution in [0.1, 0.15) is 48.5 Å². The van der Waals surface area contributed by atoms with Crippen LogP contribution >= 0.6 is 0 Å². The highest BCUT2D eigenvalue weighted by molar-refractivity contribution is 5.88. The molecule has 0 saturated carbocycles. The molecule has 0 unspecified atom stereocenters. The normalized spacial score (nSPS) is 12.5.